The van der Waals surface area contributed by atoms with Crippen LogP contribution >= 0.6 is 0 Å². The number of sulfone groups is 1. The van der Waals surface area contributed by atoms with E-state index in [9.17, 15) is 22.8 Å². The molecule has 0 bridgehead atoms. The second-order valence-corrected chi connectivity index (χ2v) is 14.4. The highest BCUT2D eigenvalue weighted by atomic mass is 32.2. The summed E-state index contributed by atoms with van der Waals surface area (Å²) in [7, 11) is -1.68. The average Bonchev–Trinajstić information content (AvgIpc) is 3.21. The first-order chi connectivity index (χ1) is 17.8. The number of likely N-dealkylation sites (tertiary alicyclic amines) is 1. The Morgan fingerprint density at radius 1 is 1.13 bits per heavy atom. The van der Waals surface area contributed by atoms with Gasteiger partial charge in [0.1, 0.15) is 17.4 Å². The molecule has 0 unspecified atom stereocenters. The summed E-state index contributed by atoms with van der Waals surface area (Å²) in [5.41, 5.74) is -1.14. The van der Waals surface area contributed by atoms with Crippen LogP contribution in [0, 0.1) is 18.8 Å². The zero-order valence-corrected chi connectivity index (χ0v) is 25.4. The van der Waals surface area contributed by atoms with Crippen molar-refractivity contribution < 1.29 is 37.0 Å². The number of carbonyl (C=O) groups excluding carboxylic acids is 3. The largest absolute Gasteiger partial charge is 0.467 e. The van der Waals surface area contributed by atoms with Gasteiger partial charge < -0.3 is 19.1 Å². The topological polar surface area (TPSA) is 120 Å². The van der Waals surface area contributed by atoms with E-state index < -0.39 is 68.5 Å². The Labute approximate surface area is 231 Å². The number of amides is 2. The molecule has 2 aliphatic rings. The van der Waals surface area contributed by atoms with Gasteiger partial charge >= 0.3 is 12.1 Å². The fourth-order valence-corrected chi connectivity index (χ4v) is 7.62. The summed E-state index contributed by atoms with van der Waals surface area (Å²) >= 11 is 0. The third-order valence-corrected chi connectivity index (χ3v) is 9.36. The number of ether oxygens (including phenoxy) is 3. The van der Waals surface area contributed by atoms with E-state index >= 15 is 0 Å². The van der Waals surface area contributed by atoms with E-state index in [4.69, 9.17) is 14.2 Å². The van der Waals surface area contributed by atoms with Crippen molar-refractivity contribution in [3.8, 4) is 0 Å². The summed E-state index contributed by atoms with van der Waals surface area (Å²) in [6, 6.07) is 4.31. The van der Waals surface area contributed by atoms with Crippen molar-refractivity contribution in [2.24, 2.45) is 11.8 Å². The Hall–Kier alpha value is -2.66. The van der Waals surface area contributed by atoms with Gasteiger partial charge in [-0.2, -0.15) is 0 Å². The molecule has 2 saturated heterocycles. The highest BCUT2D eigenvalue weighted by molar-refractivity contribution is 7.92. The minimum Gasteiger partial charge on any atom is -0.467 e. The lowest BCUT2D eigenvalue weighted by molar-refractivity contribution is -0.151. The van der Waals surface area contributed by atoms with Gasteiger partial charge in [0.15, 0.2) is 15.1 Å². The SMILES string of the molecule is COC(=O)[C@@H]1[C@@H]([C@@H]2OC(C)(C)N(C(=O)OC(C)(C)C)[C@H]2CC(C)C)[C@H](S(=O)(=O)c2ccc(C)cc2)C(=O)N1C. The van der Waals surface area contributed by atoms with Crippen LogP contribution in [-0.4, -0.2) is 85.1 Å². The summed E-state index contributed by atoms with van der Waals surface area (Å²) in [6.45, 7) is 14.4. The molecule has 218 valence electrons. The molecule has 2 heterocycles. The number of methoxy groups -OCH3 is 1. The summed E-state index contributed by atoms with van der Waals surface area (Å²) in [6.07, 6.45) is -1.18. The molecule has 5 atom stereocenters. The normalized spacial score (nSPS) is 27.3. The summed E-state index contributed by atoms with van der Waals surface area (Å²) in [5, 5.41) is -1.62. The second-order valence-electron chi connectivity index (χ2n) is 12.3. The zero-order chi connectivity index (χ0) is 29.7. The van der Waals surface area contributed by atoms with Gasteiger partial charge in [-0.05, 0) is 66.0 Å². The number of rotatable bonds is 6. The summed E-state index contributed by atoms with van der Waals surface area (Å²) in [5.74, 6) is -2.57. The number of nitrogens with zero attached hydrogens (tertiary/aromatic N) is 2. The van der Waals surface area contributed by atoms with Gasteiger partial charge in [0.2, 0.25) is 5.91 Å². The quantitative estimate of drug-likeness (QED) is 0.480. The third-order valence-electron chi connectivity index (χ3n) is 7.25. The summed E-state index contributed by atoms with van der Waals surface area (Å²) in [4.78, 5) is 42.9. The van der Waals surface area contributed by atoms with Crippen molar-refractivity contribution >= 4 is 27.8 Å². The Kier molecular flexibility index (Phi) is 8.49. The monoisotopic (exact) mass is 566 g/mol. The smallest absolute Gasteiger partial charge is 0.412 e. The van der Waals surface area contributed by atoms with Gasteiger partial charge in [0.25, 0.3) is 0 Å². The lowest BCUT2D eigenvalue weighted by atomic mass is 9.85. The summed E-state index contributed by atoms with van der Waals surface area (Å²) < 4.78 is 45.3. The molecule has 11 heteroatoms. The number of benzene rings is 1. The number of hydrogen-bond acceptors (Lipinski definition) is 8. The van der Waals surface area contributed by atoms with E-state index in [0.29, 0.717) is 6.42 Å². The molecule has 0 radical (unpaired) electrons. The van der Waals surface area contributed by atoms with Crippen molar-refractivity contribution in [1.82, 2.24) is 9.80 Å². The van der Waals surface area contributed by atoms with Crippen molar-refractivity contribution in [3.63, 3.8) is 0 Å². The van der Waals surface area contributed by atoms with Crippen LogP contribution in [0.5, 0.6) is 0 Å². The Morgan fingerprint density at radius 2 is 1.69 bits per heavy atom. The van der Waals surface area contributed by atoms with E-state index in [0.717, 1.165) is 10.5 Å². The molecular formula is C28H42N2O8S. The maximum Gasteiger partial charge on any atom is 0.412 e. The van der Waals surface area contributed by atoms with E-state index in [-0.39, 0.29) is 10.8 Å². The number of hydrogen-bond donors (Lipinski definition) is 0. The molecule has 0 saturated carbocycles. The molecule has 0 aliphatic carbocycles. The third kappa shape index (κ3) is 5.94. The standard InChI is InChI=1S/C28H42N2O8S/c1-16(2)15-19-22(37-28(7,8)30(19)26(33)38-27(4,5)6)20-21(25(32)36-10)29(9)24(31)23(20)39(34,35)18-13-11-17(3)12-14-18/h11-14,16,19-23H,15H2,1-10H3/t19-,20-,21-,22+,23-/m0/s1. The van der Waals surface area contributed by atoms with Crippen molar-refractivity contribution in [3.05, 3.63) is 29.8 Å². The predicted octanol–water partition coefficient (Wildman–Crippen LogP) is 3.55. The molecule has 39 heavy (non-hydrogen) atoms. The van der Waals surface area contributed by atoms with Gasteiger partial charge in [0, 0.05) is 13.0 Å². The Morgan fingerprint density at radius 3 is 2.18 bits per heavy atom. The Bertz CT molecular complexity index is 1200. The molecule has 2 fully saturated rings. The van der Waals surface area contributed by atoms with Gasteiger partial charge in [-0.1, -0.05) is 31.5 Å². The van der Waals surface area contributed by atoms with E-state index in [2.05, 4.69) is 0 Å². The lowest BCUT2D eigenvalue weighted by Gasteiger charge is -2.36. The van der Waals surface area contributed by atoms with E-state index in [1.165, 1.54) is 31.2 Å². The van der Waals surface area contributed by atoms with Gasteiger partial charge in [-0.25, -0.2) is 18.0 Å². The minimum atomic E-state index is -4.27. The molecule has 0 spiro atoms. The minimum absolute atomic E-state index is 0.0305. The fourth-order valence-electron chi connectivity index (χ4n) is 5.67. The van der Waals surface area contributed by atoms with Crippen LogP contribution in [0.2, 0.25) is 0 Å². The van der Waals surface area contributed by atoms with Gasteiger partial charge in [-0.3, -0.25) is 9.69 Å². The first-order valence-corrected chi connectivity index (χ1v) is 14.7. The van der Waals surface area contributed by atoms with Gasteiger partial charge in [0.05, 0.1) is 24.2 Å². The maximum atomic E-state index is 14.1. The Balaban J connectivity index is 2.22. The predicted molar refractivity (Wildman–Crippen MR) is 144 cm³/mol. The van der Waals surface area contributed by atoms with Crippen LogP contribution in [0.4, 0.5) is 4.79 Å². The molecular weight excluding hydrogens is 524 g/mol. The van der Waals surface area contributed by atoms with E-state index in [1.807, 2.05) is 20.8 Å². The molecule has 0 aromatic heterocycles. The van der Waals surface area contributed by atoms with Gasteiger partial charge in [-0.15, -0.1) is 0 Å². The molecule has 2 amide bonds. The van der Waals surface area contributed by atoms with Crippen molar-refractivity contribution in [1.29, 1.82) is 0 Å². The number of likely N-dealkylation sites (N-methyl/N-ethyl adjacent to an activating group) is 1. The number of esters is 1. The highest BCUT2D eigenvalue weighted by Crippen LogP contribution is 2.46. The highest BCUT2D eigenvalue weighted by Gasteiger charge is 2.64. The van der Waals surface area contributed by atoms with Crippen LogP contribution in [0.1, 0.15) is 60.5 Å². The number of aryl methyl sites for hydroxylation is 1. The lowest BCUT2D eigenvalue weighted by Crippen LogP contribution is -2.53. The molecule has 10 nitrogen and oxygen atoms in total. The first kappa shape index (κ1) is 30.9. The van der Waals surface area contributed by atoms with Crippen LogP contribution in [0.25, 0.3) is 0 Å². The van der Waals surface area contributed by atoms with Crippen LogP contribution < -0.4 is 0 Å². The molecule has 3 rings (SSSR count). The first-order valence-electron chi connectivity index (χ1n) is 13.2. The fraction of sp³-hybridized carbons (Fsp3) is 0.679. The molecule has 2 aliphatic heterocycles. The van der Waals surface area contributed by atoms with Crippen LogP contribution in [0.15, 0.2) is 29.2 Å². The molecule has 1 aromatic carbocycles. The molecule has 0 N–H and O–H groups in total. The van der Waals surface area contributed by atoms with Crippen molar-refractivity contribution in [2.75, 3.05) is 14.2 Å². The number of carbonyl (C=O) groups is 3. The second kappa shape index (κ2) is 10.7. The zero-order valence-electron chi connectivity index (χ0n) is 24.5. The van der Waals surface area contributed by atoms with Crippen molar-refractivity contribution in [2.45, 2.75) is 101 Å². The van der Waals surface area contributed by atoms with Crippen LogP contribution in [-0.2, 0) is 33.6 Å². The van der Waals surface area contributed by atoms with E-state index in [1.54, 1.807) is 46.8 Å². The van der Waals surface area contributed by atoms with Crippen LogP contribution in [0.3, 0.4) is 0 Å². The maximum absolute atomic E-state index is 14.1. The average molecular weight is 567 g/mol. The molecule has 1 aromatic rings.